The van der Waals surface area contributed by atoms with Gasteiger partial charge in [-0.1, -0.05) is 18.2 Å². The zero-order valence-corrected chi connectivity index (χ0v) is 17.6. The van der Waals surface area contributed by atoms with Gasteiger partial charge in [0, 0.05) is 24.8 Å². The molecule has 0 radical (unpaired) electrons. The van der Waals surface area contributed by atoms with Gasteiger partial charge in [-0.15, -0.1) is 0 Å². The van der Waals surface area contributed by atoms with Crippen LogP contribution in [0.25, 0.3) is 0 Å². The van der Waals surface area contributed by atoms with Crippen LogP contribution in [0.4, 0.5) is 11.4 Å². The number of aromatic nitrogens is 3. The molecule has 1 aliphatic rings. The summed E-state index contributed by atoms with van der Waals surface area (Å²) < 4.78 is 6.85. The lowest BCUT2D eigenvalue weighted by atomic mass is 10.0. The fourth-order valence-electron chi connectivity index (χ4n) is 3.92. The Morgan fingerprint density at radius 3 is 2.52 bits per heavy atom. The first-order valence-electron chi connectivity index (χ1n) is 10.3. The van der Waals surface area contributed by atoms with Crippen LogP contribution >= 0.6 is 0 Å². The number of carbonyl (C=O) groups is 2. The van der Waals surface area contributed by atoms with Gasteiger partial charge in [-0.3, -0.25) is 14.5 Å². The molecule has 8 nitrogen and oxygen atoms in total. The number of piperidine rings is 1. The second-order valence-corrected chi connectivity index (χ2v) is 7.52. The van der Waals surface area contributed by atoms with Crippen molar-refractivity contribution < 1.29 is 14.3 Å². The number of methoxy groups -OCH3 is 1. The average Bonchev–Trinajstić information content (AvgIpc) is 3.19. The first kappa shape index (κ1) is 20.6. The van der Waals surface area contributed by atoms with Gasteiger partial charge < -0.3 is 15.0 Å². The second-order valence-electron chi connectivity index (χ2n) is 7.52. The van der Waals surface area contributed by atoms with Crippen LogP contribution in [0.5, 0.6) is 0 Å². The maximum atomic E-state index is 12.7. The number of hydrogen-bond acceptors (Lipinski definition) is 6. The normalized spacial score (nSPS) is 14.3. The van der Waals surface area contributed by atoms with E-state index in [-0.39, 0.29) is 11.9 Å². The molecule has 8 heteroatoms. The van der Waals surface area contributed by atoms with Gasteiger partial charge in [0.05, 0.1) is 48.2 Å². The zero-order chi connectivity index (χ0) is 21.8. The van der Waals surface area contributed by atoms with Crippen molar-refractivity contribution in [3.05, 3.63) is 71.8 Å². The van der Waals surface area contributed by atoms with Crippen LogP contribution in [-0.4, -0.2) is 51.7 Å². The summed E-state index contributed by atoms with van der Waals surface area (Å²) in [6.45, 7) is 3.37. The number of esters is 1. The zero-order valence-electron chi connectivity index (χ0n) is 17.6. The third kappa shape index (κ3) is 4.28. The highest BCUT2D eigenvalue weighted by Gasteiger charge is 2.26. The molecule has 3 heterocycles. The van der Waals surface area contributed by atoms with Crippen LogP contribution in [-0.2, 0) is 4.74 Å². The molecule has 0 saturated carbocycles. The summed E-state index contributed by atoms with van der Waals surface area (Å²) >= 11 is 0. The van der Waals surface area contributed by atoms with E-state index in [9.17, 15) is 9.59 Å². The number of rotatable bonds is 5. The van der Waals surface area contributed by atoms with Crippen LogP contribution < -0.4 is 5.32 Å². The van der Waals surface area contributed by atoms with Crippen molar-refractivity contribution in [2.24, 2.45) is 0 Å². The topological polar surface area (TPSA) is 89.3 Å². The molecule has 0 aliphatic carbocycles. The molecule has 1 N–H and O–H groups in total. The molecule has 0 unspecified atom stereocenters. The fraction of sp³-hybridized carbons (Fsp3) is 0.304. The van der Waals surface area contributed by atoms with Gasteiger partial charge >= 0.3 is 5.97 Å². The van der Waals surface area contributed by atoms with Gasteiger partial charge in [0.2, 0.25) is 0 Å². The summed E-state index contributed by atoms with van der Waals surface area (Å²) in [5.41, 5.74) is 3.48. The van der Waals surface area contributed by atoms with Gasteiger partial charge in [-0.25, -0.2) is 4.79 Å². The average molecular weight is 419 g/mol. The minimum atomic E-state index is -0.426. The molecule has 1 aromatic carbocycles. The van der Waals surface area contributed by atoms with Crippen molar-refractivity contribution in [1.29, 1.82) is 0 Å². The lowest BCUT2D eigenvalue weighted by Crippen LogP contribution is -2.39. The van der Waals surface area contributed by atoms with Crippen LogP contribution in [0, 0.1) is 6.92 Å². The third-order valence-corrected chi connectivity index (χ3v) is 5.66. The van der Waals surface area contributed by atoms with Crippen LogP contribution in [0.15, 0.2) is 55.0 Å². The van der Waals surface area contributed by atoms with Crippen LogP contribution in [0.2, 0.25) is 0 Å². The number of carbonyl (C=O) groups excluding carboxylic acids is 2. The van der Waals surface area contributed by atoms with E-state index >= 15 is 0 Å². The van der Waals surface area contributed by atoms with Crippen molar-refractivity contribution in [1.82, 2.24) is 19.7 Å². The van der Waals surface area contributed by atoms with E-state index in [1.807, 2.05) is 46.8 Å². The molecule has 1 aliphatic heterocycles. The Morgan fingerprint density at radius 1 is 1.06 bits per heavy atom. The number of nitrogens with one attached hydrogen (secondary N) is 1. The monoisotopic (exact) mass is 419 g/mol. The predicted molar refractivity (Wildman–Crippen MR) is 116 cm³/mol. The summed E-state index contributed by atoms with van der Waals surface area (Å²) in [5.74, 6) is -0.351. The number of nitrogens with zero attached hydrogens (tertiary/aromatic N) is 4. The molecular formula is C23H25N5O3. The van der Waals surface area contributed by atoms with Crippen LogP contribution in [0.3, 0.4) is 0 Å². The number of anilines is 2. The van der Waals surface area contributed by atoms with E-state index in [0.717, 1.165) is 29.8 Å². The van der Waals surface area contributed by atoms with E-state index < -0.39 is 5.97 Å². The number of pyridine rings is 1. The van der Waals surface area contributed by atoms with E-state index in [1.165, 1.54) is 7.11 Å². The quantitative estimate of drug-likeness (QED) is 0.636. The Balaban J connectivity index is 1.44. The van der Waals surface area contributed by atoms with Gasteiger partial charge in [-0.2, -0.15) is 5.10 Å². The highest BCUT2D eigenvalue weighted by atomic mass is 16.5. The first-order valence-corrected chi connectivity index (χ1v) is 10.3. The summed E-state index contributed by atoms with van der Waals surface area (Å²) in [7, 11) is 1.35. The van der Waals surface area contributed by atoms with Gasteiger partial charge in [0.25, 0.3) is 5.91 Å². The predicted octanol–water partition coefficient (Wildman–Crippen LogP) is 3.59. The largest absolute Gasteiger partial charge is 0.465 e. The number of amides is 1. The standard InChI is InChI=1S/C23H25N5O3/c1-16-20(26-21-14-24-11-8-19(21)23(30)31-2)15-25-28(16)18-9-12-27(13-10-18)22(29)17-6-4-3-5-7-17/h3-8,11,14-15,18,26H,9-10,12-13H2,1-2H3. The number of ether oxygens (including phenoxy) is 1. The summed E-state index contributed by atoms with van der Waals surface area (Å²) in [5, 5.41) is 7.83. The highest BCUT2D eigenvalue weighted by molar-refractivity contribution is 5.96. The lowest BCUT2D eigenvalue weighted by Gasteiger charge is -2.32. The van der Waals surface area contributed by atoms with E-state index in [4.69, 9.17) is 4.74 Å². The fourth-order valence-corrected chi connectivity index (χ4v) is 3.92. The van der Waals surface area contributed by atoms with Crippen molar-refractivity contribution in [3.63, 3.8) is 0 Å². The number of hydrogen-bond donors (Lipinski definition) is 1. The maximum absolute atomic E-state index is 12.7. The Bertz CT molecular complexity index is 1070. The van der Waals surface area contributed by atoms with E-state index in [1.54, 1.807) is 24.7 Å². The second kappa shape index (κ2) is 8.99. The molecule has 1 fully saturated rings. The molecule has 1 saturated heterocycles. The summed E-state index contributed by atoms with van der Waals surface area (Å²) in [4.78, 5) is 30.7. The Kier molecular flexibility index (Phi) is 5.97. The van der Waals surface area contributed by atoms with Crippen LogP contribution in [0.1, 0.15) is 45.3 Å². The molecule has 2 aromatic heterocycles. The summed E-state index contributed by atoms with van der Waals surface area (Å²) in [6, 6.07) is 11.2. The first-order chi connectivity index (χ1) is 15.1. The lowest BCUT2D eigenvalue weighted by molar-refractivity contribution is 0.0601. The van der Waals surface area contributed by atoms with Crippen molar-refractivity contribution in [2.45, 2.75) is 25.8 Å². The Hall–Kier alpha value is -3.68. The molecule has 4 rings (SSSR count). The molecule has 0 spiro atoms. The molecule has 1 amide bonds. The molecular weight excluding hydrogens is 394 g/mol. The minimum Gasteiger partial charge on any atom is -0.465 e. The van der Waals surface area contributed by atoms with E-state index in [2.05, 4.69) is 15.4 Å². The number of likely N-dealkylation sites (tertiary alicyclic amines) is 1. The van der Waals surface area contributed by atoms with Gasteiger partial charge in [0.15, 0.2) is 0 Å². The SMILES string of the molecule is COC(=O)c1ccncc1Nc1cnn(C2CCN(C(=O)c3ccccc3)CC2)c1C. The minimum absolute atomic E-state index is 0.0745. The van der Waals surface area contributed by atoms with Gasteiger partial charge in [-0.05, 0) is 38.0 Å². The molecule has 31 heavy (non-hydrogen) atoms. The maximum Gasteiger partial charge on any atom is 0.340 e. The van der Waals surface area contributed by atoms with Crippen molar-refractivity contribution >= 4 is 23.3 Å². The molecule has 3 aromatic rings. The highest BCUT2D eigenvalue weighted by Crippen LogP contribution is 2.29. The Morgan fingerprint density at radius 2 is 1.81 bits per heavy atom. The molecule has 0 bridgehead atoms. The van der Waals surface area contributed by atoms with Crippen molar-refractivity contribution in [2.75, 3.05) is 25.5 Å². The summed E-state index contributed by atoms with van der Waals surface area (Å²) in [6.07, 6.45) is 6.57. The Labute approximate surface area is 180 Å². The van der Waals surface area contributed by atoms with E-state index in [0.29, 0.717) is 24.3 Å². The third-order valence-electron chi connectivity index (χ3n) is 5.66. The van der Waals surface area contributed by atoms with Gasteiger partial charge in [0.1, 0.15) is 0 Å². The molecule has 160 valence electrons. The number of benzene rings is 1. The van der Waals surface area contributed by atoms with Crippen molar-refractivity contribution in [3.8, 4) is 0 Å². The molecule has 0 atom stereocenters. The smallest absolute Gasteiger partial charge is 0.340 e.